The summed E-state index contributed by atoms with van der Waals surface area (Å²) in [4.78, 5) is 2.30. The second-order valence-electron chi connectivity index (χ2n) is 4.14. The summed E-state index contributed by atoms with van der Waals surface area (Å²) in [6.07, 6.45) is 1.91. The van der Waals surface area contributed by atoms with E-state index in [2.05, 4.69) is 4.90 Å². The number of nitrogens with two attached hydrogens (primary N) is 1. The van der Waals surface area contributed by atoms with E-state index in [-0.39, 0.29) is 5.75 Å². The highest BCUT2D eigenvalue weighted by molar-refractivity contribution is 7.89. The molecule has 96 valence electrons. The molecule has 1 aliphatic heterocycles. The largest absolute Gasteiger partial charge is 0.330 e. The summed E-state index contributed by atoms with van der Waals surface area (Å²) in [6, 6.07) is 0. The summed E-state index contributed by atoms with van der Waals surface area (Å²) in [5.41, 5.74) is 5.47. The molecule has 0 aromatic carbocycles. The molecule has 0 unspecified atom stereocenters. The minimum absolute atomic E-state index is 0.204. The Bertz CT molecular complexity index is 292. The van der Waals surface area contributed by atoms with Gasteiger partial charge in [0, 0.05) is 19.6 Å². The molecule has 0 bridgehead atoms. The van der Waals surface area contributed by atoms with Crippen LogP contribution in [0.2, 0.25) is 0 Å². The third-order valence-corrected chi connectivity index (χ3v) is 4.87. The molecule has 1 fully saturated rings. The van der Waals surface area contributed by atoms with Gasteiger partial charge in [0.05, 0.1) is 5.75 Å². The molecule has 2 N–H and O–H groups in total. The topological polar surface area (TPSA) is 66.6 Å². The normalized spacial score (nSPS) is 20.9. The van der Waals surface area contributed by atoms with Crippen LogP contribution in [-0.2, 0) is 10.0 Å². The summed E-state index contributed by atoms with van der Waals surface area (Å²) in [7, 11) is -3.01. The van der Waals surface area contributed by atoms with E-state index in [9.17, 15) is 8.42 Å². The van der Waals surface area contributed by atoms with Gasteiger partial charge in [-0.25, -0.2) is 12.7 Å². The van der Waals surface area contributed by atoms with Crippen molar-refractivity contribution < 1.29 is 8.42 Å². The third kappa shape index (κ3) is 4.01. The van der Waals surface area contributed by atoms with Gasteiger partial charge in [-0.1, -0.05) is 0 Å². The molecule has 5 nitrogen and oxygen atoms in total. The highest BCUT2D eigenvalue weighted by atomic mass is 32.2. The molecular formula is C10H23N3O2S. The van der Waals surface area contributed by atoms with Crippen LogP contribution in [0.5, 0.6) is 0 Å². The van der Waals surface area contributed by atoms with E-state index in [1.807, 2.05) is 0 Å². The van der Waals surface area contributed by atoms with Crippen LogP contribution in [0.25, 0.3) is 0 Å². The molecule has 0 spiro atoms. The summed E-state index contributed by atoms with van der Waals surface area (Å²) in [5, 5.41) is 0. The van der Waals surface area contributed by atoms with E-state index in [1.54, 1.807) is 11.2 Å². The fraction of sp³-hybridized carbons (Fsp3) is 1.00. The molecule has 0 atom stereocenters. The van der Waals surface area contributed by atoms with E-state index in [0.717, 1.165) is 32.5 Å². The Morgan fingerprint density at radius 2 is 1.94 bits per heavy atom. The molecule has 0 aromatic heterocycles. The molecule has 0 aliphatic carbocycles. The number of sulfonamides is 1. The van der Waals surface area contributed by atoms with Crippen molar-refractivity contribution in [2.75, 3.05) is 45.0 Å². The molecule has 0 aromatic rings. The van der Waals surface area contributed by atoms with Crippen molar-refractivity contribution in [3.8, 4) is 0 Å². The zero-order chi connectivity index (χ0) is 12.0. The van der Waals surface area contributed by atoms with Gasteiger partial charge in [-0.05, 0) is 39.4 Å². The third-order valence-electron chi connectivity index (χ3n) is 2.98. The van der Waals surface area contributed by atoms with Crippen LogP contribution in [0, 0.1) is 0 Å². The van der Waals surface area contributed by atoms with Gasteiger partial charge in [-0.2, -0.15) is 0 Å². The molecule has 1 saturated heterocycles. The van der Waals surface area contributed by atoms with Gasteiger partial charge in [0.2, 0.25) is 10.0 Å². The van der Waals surface area contributed by atoms with Gasteiger partial charge < -0.3 is 10.6 Å². The predicted molar refractivity (Wildman–Crippen MR) is 65.8 cm³/mol. The Hall–Kier alpha value is -0.170. The lowest BCUT2D eigenvalue weighted by atomic mass is 10.3. The molecule has 1 rings (SSSR count). The molecule has 0 saturated carbocycles. The van der Waals surface area contributed by atoms with E-state index in [0.29, 0.717) is 19.6 Å². The van der Waals surface area contributed by atoms with Crippen LogP contribution >= 0.6 is 0 Å². The Labute approximate surface area is 98.6 Å². The standard InChI is InChI=1S/C10H23N3O2S/c1-2-16(14,15)13-8-4-7-12(9-10-13)6-3-5-11/h2-11H2,1H3. The van der Waals surface area contributed by atoms with E-state index in [4.69, 9.17) is 5.73 Å². The maximum Gasteiger partial charge on any atom is 0.213 e. The van der Waals surface area contributed by atoms with Crippen LogP contribution in [0.4, 0.5) is 0 Å². The fourth-order valence-electron chi connectivity index (χ4n) is 1.95. The van der Waals surface area contributed by atoms with E-state index < -0.39 is 10.0 Å². The van der Waals surface area contributed by atoms with Crippen molar-refractivity contribution in [3.63, 3.8) is 0 Å². The van der Waals surface area contributed by atoms with Crippen LogP contribution in [-0.4, -0.2) is 62.6 Å². The summed E-state index contributed by atoms with van der Waals surface area (Å²) < 4.78 is 25.1. The number of hydrogen-bond acceptors (Lipinski definition) is 4. The molecule has 6 heteroatoms. The van der Waals surface area contributed by atoms with Gasteiger partial charge in [0.25, 0.3) is 0 Å². The molecule has 0 amide bonds. The van der Waals surface area contributed by atoms with Crippen LogP contribution in [0.3, 0.4) is 0 Å². The Balaban J connectivity index is 2.46. The molecular weight excluding hydrogens is 226 g/mol. The second-order valence-corrected chi connectivity index (χ2v) is 6.39. The molecule has 0 radical (unpaired) electrons. The first kappa shape index (κ1) is 13.9. The molecule has 1 aliphatic rings. The lowest BCUT2D eigenvalue weighted by molar-refractivity contribution is 0.285. The predicted octanol–water partition coefficient (Wildman–Crippen LogP) is -0.307. The van der Waals surface area contributed by atoms with Crippen molar-refractivity contribution in [1.82, 2.24) is 9.21 Å². The van der Waals surface area contributed by atoms with Crippen molar-refractivity contribution in [2.24, 2.45) is 5.73 Å². The minimum Gasteiger partial charge on any atom is -0.330 e. The summed E-state index contributed by atoms with van der Waals surface area (Å²) in [5.74, 6) is 0.204. The second kappa shape index (κ2) is 6.54. The van der Waals surface area contributed by atoms with Crippen LogP contribution < -0.4 is 5.73 Å². The SMILES string of the molecule is CCS(=O)(=O)N1CCCN(CCCN)CC1. The van der Waals surface area contributed by atoms with Crippen molar-refractivity contribution in [3.05, 3.63) is 0 Å². The quantitative estimate of drug-likeness (QED) is 0.726. The summed E-state index contributed by atoms with van der Waals surface area (Å²) >= 11 is 0. The minimum atomic E-state index is -3.01. The van der Waals surface area contributed by atoms with Crippen molar-refractivity contribution in [2.45, 2.75) is 19.8 Å². The average Bonchev–Trinajstić information content (AvgIpc) is 2.52. The zero-order valence-corrected chi connectivity index (χ0v) is 10.9. The maximum atomic E-state index is 11.7. The average molecular weight is 249 g/mol. The molecule has 1 heterocycles. The van der Waals surface area contributed by atoms with E-state index in [1.165, 1.54) is 0 Å². The van der Waals surface area contributed by atoms with Gasteiger partial charge in [0.15, 0.2) is 0 Å². The first-order valence-corrected chi connectivity index (χ1v) is 7.61. The Morgan fingerprint density at radius 1 is 1.19 bits per heavy atom. The first-order valence-electron chi connectivity index (χ1n) is 6.00. The maximum absolute atomic E-state index is 11.7. The summed E-state index contributed by atoms with van der Waals surface area (Å²) in [6.45, 7) is 6.49. The van der Waals surface area contributed by atoms with Gasteiger partial charge in [-0.15, -0.1) is 0 Å². The smallest absolute Gasteiger partial charge is 0.213 e. The van der Waals surface area contributed by atoms with Crippen LogP contribution in [0.15, 0.2) is 0 Å². The van der Waals surface area contributed by atoms with Gasteiger partial charge in [-0.3, -0.25) is 0 Å². The van der Waals surface area contributed by atoms with Crippen molar-refractivity contribution in [1.29, 1.82) is 0 Å². The lowest BCUT2D eigenvalue weighted by Crippen LogP contribution is -2.36. The Kier molecular flexibility index (Phi) is 5.68. The Morgan fingerprint density at radius 3 is 2.56 bits per heavy atom. The monoisotopic (exact) mass is 249 g/mol. The first-order chi connectivity index (χ1) is 7.60. The highest BCUT2D eigenvalue weighted by Crippen LogP contribution is 2.08. The van der Waals surface area contributed by atoms with Gasteiger partial charge >= 0.3 is 0 Å². The number of nitrogens with zero attached hydrogens (tertiary/aromatic N) is 2. The zero-order valence-electron chi connectivity index (χ0n) is 10.1. The molecule has 16 heavy (non-hydrogen) atoms. The van der Waals surface area contributed by atoms with E-state index >= 15 is 0 Å². The highest BCUT2D eigenvalue weighted by Gasteiger charge is 2.22. The van der Waals surface area contributed by atoms with Crippen molar-refractivity contribution >= 4 is 10.0 Å². The lowest BCUT2D eigenvalue weighted by Gasteiger charge is -2.20. The number of rotatable bonds is 5. The van der Waals surface area contributed by atoms with Crippen LogP contribution in [0.1, 0.15) is 19.8 Å². The van der Waals surface area contributed by atoms with Gasteiger partial charge in [0.1, 0.15) is 0 Å². The fourth-order valence-corrected chi connectivity index (χ4v) is 3.08. The number of hydrogen-bond donors (Lipinski definition) is 1.